The zero-order valence-corrected chi connectivity index (χ0v) is 12.4. The molecule has 0 saturated carbocycles. The summed E-state index contributed by atoms with van der Waals surface area (Å²) in [7, 11) is 0. The molecule has 1 rings (SSSR count). The minimum Gasteiger partial charge on any atom is -0.464 e. The van der Waals surface area contributed by atoms with Crippen molar-refractivity contribution in [3.05, 3.63) is 5.28 Å². The van der Waals surface area contributed by atoms with Crippen LogP contribution >= 0.6 is 11.6 Å². The summed E-state index contributed by atoms with van der Waals surface area (Å²) in [6.45, 7) is 8.66. The van der Waals surface area contributed by atoms with Crippen molar-refractivity contribution in [2.45, 2.75) is 27.2 Å². The van der Waals surface area contributed by atoms with E-state index in [1.54, 1.807) is 0 Å². The van der Waals surface area contributed by atoms with Crippen molar-refractivity contribution in [1.82, 2.24) is 15.0 Å². The maximum atomic E-state index is 5.77. The van der Waals surface area contributed by atoms with Crippen molar-refractivity contribution >= 4 is 17.5 Å². The normalized spacial score (nSPS) is 10.8. The van der Waals surface area contributed by atoms with E-state index >= 15 is 0 Å². The van der Waals surface area contributed by atoms with E-state index in [9.17, 15) is 0 Å². The molecule has 19 heavy (non-hydrogen) atoms. The van der Waals surface area contributed by atoms with Gasteiger partial charge in [-0.1, -0.05) is 13.8 Å². The molecule has 0 radical (unpaired) electrons. The van der Waals surface area contributed by atoms with Gasteiger partial charge in [0.25, 0.3) is 0 Å². The average molecular weight is 289 g/mol. The van der Waals surface area contributed by atoms with Crippen LogP contribution in [0.15, 0.2) is 0 Å². The molecule has 0 unspecified atom stereocenters. The predicted molar refractivity (Wildman–Crippen MR) is 74.8 cm³/mol. The molecule has 0 aliphatic carbocycles. The fraction of sp³-hybridized carbons (Fsp3) is 0.750. The lowest BCUT2D eigenvalue weighted by atomic mass is 10.1. The highest BCUT2D eigenvalue weighted by Gasteiger charge is 2.04. The van der Waals surface area contributed by atoms with Crippen LogP contribution < -0.4 is 10.1 Å². The molecular weight excluding hydrogens is 268 g/mol. The molecule has 1 heterocycles. The first-order chi connectivity index (χ1) is 9.11. The van der Waals surface area contributed by atoms with Crippen molar-refractivity contribution in [3.8, 4) is 6.01 Å². The summed E-state index contributed by atoms with van der Waals surface area (Å²) in [6.07, 6.45) is 1.06. The van der Waals surface area contributed by atoms with Crippen LogP contribution in [0.3, 0.4) is 0 Å². The SMILES string of the molecule is CCOc1nc(Cl)nc(NCCOCCC(C)C)n1. The second-order valence-electron chi connectivity index (χ2n) is 4.37. The van der Waals surface area contributed by atoms with Crippen molar-refractivity contribution in [3.63, 3.8) is 0 Å². The van der Waals surface area contributed by atoms with E-state index < -0.39 is 0 Å². The molecule has 0 spiro atoms. The summed E-state index contributed by atoms with van der Waals surface area (Å²) in [5.74, 6) is 1.06. The van der Waals surface area contributed by atoms with Crippen LogP contribution in [0, 0.1) is 5.92 Å². The minimum atomic E-state index is 0.113. The lowest BCUT2D eigenvalue weighted by molar-refractivity contribution is 0.132. The van der Waals surface area contributed by atoms with Crippen LogP contribution in [0.2, 0.25) is 5.28 Å². The van der Waals surface area contributed by atoms with Gasteiger partial charge in [-0.25, -0.2) is 0 Å². The second-order valence-corrected chi connectivity index (χ2v) is 4.70. The highest BCUT2D eigenvalue weighted by atomic mass is 35.5. The molecule has 0 bridgehead atoms. The molecule has 0 aliphatic rings. The molecule has 7 heteroatoms. The number of nitrogens with zero attached hydrogens (tertiary/aromatic N) is 3. The standard InChI is InChI=1S/C12H21ClN4O2/c1-4-19-12-16-10(13)15-11(17-12)14-6-8-18-7-5-9(2)3/h9H,4-8H2,1-3H3,(H,14,15,16,17). The number of hydrogen-bond acceptors (Lipinski definition) is 6. The van der Waals surface area contributed by atoms with Crippen LogP contribution in [0.25, 0.3) is 0 Å². The maximum Gasteiger partial charge on any atom is 0.322 e. The Morgan fingerprint density at radius 1 is 1.21 bits per heavy atom. The number of nitrogens with one attached hydrogen (secondary N) is 1. The Bertz CT molecular complexity index is 377. The molecule has 108 valence electrons. The van der Waals surface area contributed by atoms with Crippen LogP contribution in [-0.2, 0) is 4.74 Å². The van der Waals surface area contributed by atoms with E-state index in [2.05, 4.69) is 34.1 Å². The van der Waals surface area contributed by atoms with Crippen molar-refractivity contribution in [2.24, 2.45) is 5.92 Å². The Hall–Kier alpha value is -1.14. The fourth-order valence-electron chi connectivity index (χ4n) is 1.26. The molecule has 6 nitrogen and oxygen atoms in total. The third kappa shape index (κ3) is 7.12. The van der Waals surface area contributed by atoms with Gasteiger partial charge in [-0.05, 0) is 30.9 Å². The van der Waals surface area contributed by atoms with Gasteiger partial charge in [-0.3, -0.25) is 0 Å². The number of aromatic nitrogens is 3. The molecule has 0 atom stereocenters. The summed E-state index contributed by atoms with van der Waals surface area (Å²) < 4.78 is 10.7. The molecule has 1 aromatic rings. The average Bonchev–Trinajstić information content (AvgIpc) is 2.33. The highest BCUT2D eigenvalue weighted by molar-refractivity contribution is 6.28. The van der Waals surface area contributed by atoms with Crippen molar-refractivity contribution in [1.29, 1.82) is 0 Å². The van der Waals surface area contributed by atoms with Crippen LogP contribution in [0.1, 0.15) is 27.2 Å². The Balaban J connectivity index is 2.28. The van der Waals surface area contributed by atoms with E-state index in [-0.39, 0.29) is 11.3 Å². The van der Waals surface area contributed by atoms with E-state index in [4.69, 9.17) is 21.1 Å². The molecule has 0 aliphatic heterocycles. The third-order valence-corrected chi connectivity index (χ3v) is 2.40. The van der Waals surface area contributed by atoms with Gasteiger partial charge in [0.05, 0.1) is 13.2 Å². The summed E-state index contributed by atoms with van der Waals surface area (Å²) in [5.41, 5.74) is 0. The first-order valence-electron chi connectivity index (χ1n) is 6.47. The van der Waals surface area contributed by atoms with Crippen LogP contribution in [0.5, 0.6) is 6.01 Å². The molecule has 1 aromatic heterocycles. The number of ether oxygens (including phenoxy) is 2. The summed E-state index contributed by atoms with van der Waals surface area (Å²) in [4.78, 5) is 11.9. The van der Waals surface area contributed by atoms with Gasteiger partial charge in [0.1, 0.15) is 0 Å². The first-order valence-corrected chi connectivity index (χ1v) is 6.85. The lowest BCUT2D eigenvalue weighted by Gasteiger charge is -2.08. The molecule has 0 amide bonds. The number of rotatable bonds is 9. The molecule has 0 saturated heterocycles. The third-order valence-electron chi connectivity index (χ3n) is 2.23. The lowest BCUT2D eigenvalue weighted by Crippen LogP contribution is -2.13. The van der Waals surface area contributed by atoms with E-state index in [0.717, 1.165) is 13.0 Å². The van der Waals surface area contributed by atoms with Crippen LogP contribution in [0.4, 0.5) is 5.95 Å². The summed E-state index contributed by atoms with van der Waals surface area (Å²) >= 11 is 5.77. The van der Waals surface area contributed by atoms with E-state index in [0.29, 0.717) is 31.6 Å². The van der Waals surface area contributed by atoms with Gasteiger partial charge in [-0.15, -0.1) is 0 Å². The minimum absolute atomic E-state index is 0.113. The summed E-state index contributed by atoms with van der Waals surface area (Å²) in [5, 5.41) is 3.13. The quantitative estimate of drug-likeness (QED) is 0.704. The number of halogens is 1. The van der Waals surface area contributed by atoms with Gasteiger partial charge in [0.2, 0.25) is 11.2 Å². The highest BCUT2D eigenvalue weighted by Crippen LogP contribution is 2.10. The molecular formula is C12H21ClN4O2. The van der Waals surface area contributed by atoms with Gasteiger partial charge >= 0.3 is 6.01 Å². The fourth-order valence-corrected chi connectivity index (χ4v) is 1.41. The zero-order chi connectivity index (χ0) is 14.1. The smallest absolute Gasteiger partial charge is 0.322 e. The Labute approximate surface area is 118 Å². The predicted octanol–water partition coefficient (Wildman–Crippen LogP) is 2.40. The largest absolute Gasteiger partial charge is 0.464 e. The molecule has 0 fully saturated rings. The van der Waals surface area contributed by atoms with Gasteiger partial charge < -0.3 is 14.8 Å². The molecule has 0 aromatic carbocycles. The van der Waals surface area contributed by atoms with Gasteiger partial charge in [-0.2, -0.15) is 15.0 Å². The van der Waals surface area contributed by atoms with E-state index in [1.165, 1.54) is 0 Å². The Morgan fingerprint density at radius 3 is 2.68 bits per heavy atom. The van der Waals surface area contributed by atoms with Gasteiger partial charge in [0.15, 0.2) is 0 Å². The number of anilines is 1. The number of hydrogen-bond donors (Lipinski definition) is 1. The monoisotopic (exact) mass is 288 g/mol. The van der Waals surface area contributed by atoms with Gasteiger partial charge in [0, 0.05) is 13.2 Å². The van der Waals surface area contributed by atoms with Crippen LogP contribution in [-0.4, -0.2) is 41.3 Å². The first kappa shape index (κ1) is 15.9. The molecule has 1 N–H and O–H groups in total. The van der Waals surface area contributed by atoms with E-state index in [1.807, 2.05) is 6.92 Å². The Morgan fingerprint density at radius 2 is 2.00 bits per heavy atom. The second kappa shape index (κ2) is 8.87. The Kier molecular flexibility index (Phi) is 7.43. The zero-order valence-electron chi connectivity index (χ0n) is 11.6. The van der Waals surface area contributed by atoms with Crippen molar-refractivity contribution in [2.75, 3.05) is 31.7 Å². The topological polar surface area (TPSA) is 69.2 Å². The summed E-state index contributed by atoms with van der Waals surface area (Å²) in [6, 6.07) is 0.228. The van der Waals surface area contributed by atoms with Crippen molar-refractivity contribution < 1.29 is 9.47 Å². The maximum absolute atomic E-state index is 5.77.